The second kappa shape index (κ2) is 11.0. The number of halogens is 1. The minimum absolute atomic E-state index is 0. The standard InChI is InChI=1S/C13H20N2O2.BrH/c14-9-5-2-6-10-15-13(16)17-11-12-7-3-1-4-8-12;/h1,3-4,7-8H,2,5-6,9-11,14H2,(H,15,16);1H. The molecule has 0 spiro atoms. The van der Waals surface area contributed by atoms with Crippen LogP contribution in [0.1, 0.15) is 24.8 Å². The highest BCUT2D eigenvalue weighted by atomic mass is 79.9. The maximum atomic E-state index is 11.3. The second-order valence-corrected chi connectivity index (χ2v) is 3.84. The summed E-state index contributed by atoms with van der Waals surface area (Å²) in [6.45, 7) is 1.67. The number of unbranched alkanes of at least 4 members (excludes halogenated alkanes) is 2. The van der Waals surface area contributed by atoms with Crippen LogP contribution >= 0.6 is 17.0 Å². The van der Waals surface area contributed by atoms with E-state index in [1.54, 1.807) is 0 Å². The molecular formula is C13H21BrN2O2. The number of benzene rings is 1. The predicted molar refractivity (Wildman–Crippen MR) is 77.9 cm³/mol. The van der Waals surface area contributed by atoms with Crippen LogP contribution in [0.25, 0.3) is 0 Å². The minimum atomic E-state index is -0.360. The van der Waals surface area contributed by atoms with Crippen LogP contribution in [0.2, 0.25) is 0 Å². The van der Waals surface area contributed by atoms with Crippen molar-refractivity contribution in [3.63, 3.8) is 0 Å². The monoisotopic (exact) mass is 316 g/mol. The first-order valence-corrected chi connectivity index (χ1v) is 5.97. The zero-order valence-corrected chi connectivity index (χ0v) is 12.1. The summed E-state index contributed by atoms with van der Waals surface area (Å²) in [7, 11) is 0. The lowest BCUT2D eigenvalue weighted by Gasteiger charge is -2.06. The third-order valence-electron chi connectivity index (χ3n) is 2.36. The Bertz CT molecular complexity index is 320. The summed E-state index contributed by atoms with van der Waals surface area (Å²) >= 11 is 0. The van der Waals surface area contributed by atoms with Gasteiger partial charge >= 0.3 is 6.09 Å². The molecule has 5 heteroatoms. The molecule has 0 unspecified atom stereocenters. The molecule has 0 atom stereocenters. The smallest absolute Gasteiger partial charge is 0.407 e. The molecule has 0 saturated carbocycles. The largest absolute Gasteiger partial charge is 0.445 e. The number of amides is 1. The number of hydrogen-bond acceptors (Lipinski definition) is 3. The van der Waals surface area contributed by atoms with E-state index in [1.165, 1.54) is 0 Å². The third kappa shape index (κ3) is 8.08. The third-order valence-corrected chi connectivity index (χ3v) is 2.36. The fourth-order valence-corrected chi connectivity index (χ4v) is 1.41. The first kappa shape index (κ1) is 16.9. The van der Waals surface area contributed by atoms with Crippen molar-refractivity contribution in [2.45, 2.75) is 25.9 Å². The first-order chi connectivity index (χ1) is 8.33. The molecule has 18 heavy (non-hydrogen) atoms. The van der Waals surface area contributed by atoms with E-state index in [0.29, 0.717) is 19.7 Å². The molecule has 0 heterocycles. The highest BCUT2D eigenvalue weighted by Gasteiger charge is 2.00. The molecule has 4 nitrogen and oxygen atoms in total. The summed E-state index contributed by atoms with van der Waals surface area (Å²) in [5, 5.41) is 2.71. The van der Waals surface area contributed by atoms with Crippen molar-refractivity contribution in [1.29, 1.82) is 0 Å². The van der Waals surface area contributed by atoms with Crippen molar-refractivity contribution in [2.24, 2.45) is 5.73 Å². The van der Waals surface area contributed by atoms with Crippen molar-refractivity contribution < 1.29 is 9.53 Å². The number of nitrogens with two attached hydrogens (primary N) is 1. The Kier molecular flexibility index (Phi) is 10.4. The molecule has 1 rings (SSSR count). The molecule has 3 N–H and O–H groups in total. The Morgan fingerprint density at radius 1 is 1.17 bits per heavy atom. The topological polar surface area (TPSA) is 64.3 Å². The van der Waals surface area contributed by atoms with Gasteiger partial charge in [0.1, 0.15) is 6.61 Å². The maximum Gasteiger partial charge on any atom is 0.407 e. The number of hydrogen-bond donors (Lipinski definition) is 2. The SMILES string of the molecule is Br.NCCCCCNC(=O)OCc1ccccc1. The molecule has 0 aliphatic carbocycles. The Morgan fingerprint density at radius 3 is 2.56 bits per heavy atom. The Morgan fingerprint density at radius 2 is 1.89 bits per heavy atom. The van der Waals surface area contributed by atoms with Gasteiger partial charge in [-0.25, -0.2) is 4.79 Å². The van der Waals surface area contributed by atoms with Gasteiger partial charge in [-0.15, -0.1) is 17.0 Å². The minimum Gasteiger partial charge on any atom is -0.445 e. The highest BCUT2D eigenvalue weighted by Crippen LogP contribution is 2.00. The van der Waals surface area contributed by atoms with Crippen LogP contribution in [0.5, 0.6) is 0 Å². The van der Waals surface area contributed by atoms with E-state index in [9.17, 15) is 4.79 Å². The number of rotatable bonds is 7. The van der Waals surface area contributed by atoms with Gasteiger partial charge in [-0.2, -0.15) is 0 Å². The fourth-order valence-electron chi connectivity index (χ4n) is 1.41. The number of carbonyl (C=O) groups is 1. The number of ether oxygens (including phenoxy) is 1. The lowest BCUT2D eigenvalue weighted by atomic mass is 10.2. The summed E-state index contributed by atoms with van der Waals surface area (Å²) in [5.74, 6) is 0. The lowest BCUT2D eigenvalue weighted by molar-refractivity contribution is 0.139. The summed E-state index contributed by atoms with van der Waals surface area (Å²) in [4.78, 5) is 11.3. The fraction of sp³-hybridized carbons (Fsp3) is 0.462. The van der Waals surface area contributed by atoms with Gasteiger partial charge in [0.15, 0.2) is 0 Å². The molecular weight excluding hydrogens is 296 g/mol. The lowest BCUT2D eigenvalue weighted by Crippen LogP contribution is -2.25. The van der Waals surface area contributed by atoms with Gasteiger partial charge in [0.2, 0.25) is 0 Å². The quantitative estimate of drug-likeness (QED) is 0.760. The van der Waals surface area contributed by atoms with Gasteiger partial charge in [0, 0.05) is 6.54 Å². The Hall–Kier alpha value is -1.07. The zero-order chi connectivity index (χ0) is 12.3. The van der Waals surface area contributed by atoms with E-state index in [1.807, 2.05) is 30.3 Å². The van der Waals surface area contributed by atoms with Gasteiger partial charge in [0.25, 0.3) is 0 Å². The van der Waals surface area contributed by atoms with E-state index in [2.05, 4.69) is 5.32 Å². The number of alkyl carbamates (subject to hydrolysis) is 1. The van der Waals surface area contributed by atoms with E-state index < -0.39 is 0 Å². The summed E-state index contributed by atoms with van der Waals surface area (Å²) in [6.07, 6.45) is 2.62. The molecule has 1 amide bonds. The van der Waals surface area contributed by atoms with Gasteiger partial charge in [-0.05, 0) is 24.9 Å². The molecule has 1 aromatic rings. The van der Waals surface area contributed by atoms with Gasteiger partial charge in [-0.3, -0.25) is 0 Å². The predicted octanol–water partition coefficient (Wildman–Crippen LogP) is 2.62. The number of nitrogens with one attached hydrogen (secondary N) is 1. The van der Waals surface area contributed by atoms with Gasteiger partial charge in [-0.1, -0.05) is 36.8 Å². The summed E-state index contributed by atoms with van der Waals surface area (Å²) in [5.41, 5.74) is 6.36. The van der Waals surface area contributed by atoms with Crippen molar-refractivity contribution >= 4 is 23.1 Å². The van der Waals surface area contributed by atoms with Crippen LogP contribution in [-0.4, -0.2) is 19.2 Å². The Balaban J connectivity index is 0.00000289. The van der Waals surface area contributed by atoms with E-state index in [0.717, 1.165) is 24.8 Å². The van der Waals surface area contributed by atoms with Crippen LogP contribution in [0.15, 0.2) is 30.3 Å². The summed E-state index contributed by atoms with van der Waals surface area (Å²) < 4.78 is 5.06. The highest BCUT2D eigenvalue weighted by molar-refractivity contribution is 8.93. The van der Waals surface area contributed by atoms with Crippen molar-refractivity contribution in [2.75, 3.05) is 13.1 Å². The van der Waals surface area contributed by atoms with Crippen LogP contribution in [0.3, 0.4) is 0 Å². The molecule has 0 radical (unpaired) electrons. The van der Waals surface area contributed by atoms with Crippen molar-refractivity contribution in [1.82, 2.24) is 5.32 Å². The molecule has 0 aromatic heterocycles. The van der Waals surface area contributed by atoms with Crippen LogP contribution in [0, 0.1) is 0 Å². The molecule has 1 aromatic carbocycles. The van der Waals surface area contributed by atoms with Crippen LogP contribution in [0.4, 0.5) is 4.79 Å². The first-order valence-electron chi connectivity index (χ1n) is 5.97. The summed E-state index contributed by atoms with van der Waals surface area (Å²) in [6, 6.07) is 9.62. The number of carbonyl (C=O) groups excluding carboxylic acids is 1. The molecule has 0 saturated heterocycles. The van der Waals surface area contributed by atoms with Crippen molar-refractivity contribution in [3.8, 4) is 0 Å². The van der Waals surface area contributed by atoms with E-state index >= 15 is 0 Å². The van der Waals surface area contributed by atoms with Gasteiger partial charge < -0.3 is 15.8 Å². The van der Waals surface area contributed by atoms with E-state index in [4.69, 9.17) is 10.5 Å². The average molecular weight is 317 g/mol. The van der Waals surface area contributed by atoms with Crippen LogP contribution < -0.4 is 11.1 Å². The van der Waals surface area contributed by atoms with Crippen LogP contribution in [-0.2, 0) is 11.3 Å². The zero-order valence-electron chi connectivity index (χ0n) is 10.4. The molecule has 102 valence electrons. The van der Waals surface area contributed by atoms with Gasteiger partial charge in [0.05, 0.1) is 0 Å². The molecule has 0 bridgehead atoms. The molecule has 0 aliphatic heterocycles. The molecule has 0 aliphatic rings. The van der Waals surface area contributed by atoms with Crippen molar-refractivity contribution in [3.05, 3.63) is 35.9 Å². The Labute approximate surface area is 119 Å². The maximum absolute atomic E-state index is 11.3. The second-order valence-electron chi connectivity index (χ2n) is 3.84. The molecule has 0 fully saturated rings. The normalized spacial score (nSPS) is 9.39. The van der Waals surface area contributed by atoms with E-state index in [-0.39, 0.29) is 23.1 Å². The average Bonchev–Trinajstić information content (AvgIpc) is 2.37.